The van der Waals surface area contributed by atoms with Gasteiger partial charge in [0.05, 0.1) is 13.0 Å². The predicted octanol–water partition coefficient (Wildman–Crippen LogP) is 1.76. The molecule has 1 aliphatic rings. The molecule has 0 radical (unpaired) electrons. The molecule has 1 aliphatic heterocycles. The highest BCUT2D eigenvalue weighted by molar-refractivity contribution is 5.97. The van der Waals surface area contributed by atoms with E-state index in [-0.39, 0.29) is 18.2 Å². The van der Waals surface area contributed by atoms with E-state index in [0.29, 0.717) is 19.7 Å². The summed E-state index contributed by atoms with van der Waals surface area (Å²) in [4.78, 5) is 37.9. The van der Waals surface area contributed by atoms with Crippen molar-refractivity contribution in [1.82, 2.24) is 10.2 Å². The van der Waals surface area contributed by atoms with E-state index in [1.807, 2.05) is 37.3 Å². The smallest absolute Gasteiger partial charge is 0.308 e. The summed E-state index contributed by atoms with van der Waals surface area (Å²) in [5, 5.41) is 2.70. The first kappa shape index (κ1) is 18.7. The summed E-state index contributed by atoms with van der Waals surface area (Å²) in [6, 6.07) is 8.61. The Kier molecular flexibility index (Phi) is 7.19. The van der Waals surface area contributed by atoms with Gasteiger partial charge in [0.25, 0.3) is 0 Å². The molecule has 0 aliphatic carbocycles. The number of amides is 2. The monoisotopic (exact) mass is 344 g/mol. The zero-order chi connectivity index (χ0) is 18.1. The van der Waals surface area contributed by atoms with Crippen LogP contribution in [0.4, 0.5) is 0 Å². The number of unbranched alkanes of at least 4 members (excludes halogenated alkanes) is 1. The number of carbonyl (C=O) groups is 3. The molecule has 0 unspecified atom stereocenters. The van der Waals surface area contributed by atoms with Gasteiger partial charge in [0.1, 0.15) is 6.04 Å². The van der Waals surface area contributed by atoms with Crippen molar-refractivity contribution >= 4 is 23.9 Å². The molecule has 0 spiro atoms. The largest absolute Gasteiger partial charge is 0.466 e. The molecule has 6 nitrogen and oxygen atoms in total. The maximum Gasteiger partial charge on any atom is 0.308 e. The fourth-order valence-corrected chi connectivity index (χ4v) is 2.56. The lowest BCUT2D eigenvalue weighted by Crippen LogP contribution is -2.57. The second-order valence-electron chi connectivity index (χ2n) is 5.86. The Morgan fingerprint density at radius 3 is 2.80 bits per heavy atom. The minimum atomic E-state index is -0.823. The van der Waals surface area contributed by atoms with Crippen LogP contribution in [-0.4, -0.2) is 48.4 Å². The second kappa shape index (κ2) is 9.61. The SMILES string of the molecule is CCCCOC(=O)C[C@H]1C(=O)NCCN1C(=O)/C=C/c1ccccc1. The lowest BCUT2D eigenvalue weighted by molar-refractivity contribution is -0.150. The minimum absolute atomic E-state index is 0.125. The van der Waals surface area contributed by atoms with Crippen LogP contribution in [0.1, 0.15) is 31.7 Å². The molecule has 0 bridgehead atoms. The predicted molar refractivity (Wildman–Crippen MR) is 94.5 cm³/mol. The van der Waals surface area contributed by atoms with E-state index in [2.05, 4.69) is 5.32 Å². The lowest BCUT2D eigenvalue weighted by atomic mass is 10.1. The molecular formula is C19H24N2O4. The number of carbonyl (C=O) groups excluding carboxylic acids is 3. The molecule has 0 saturated carbocycles. The number of esters is 1. The van der Waals surface area contributed by atoms with Gasteiger partial charge in [-0.2, -0.15) is 0 Å². The van der Waals surface area contributed by atoms with Crippen molar-refractivity contribution in [2.24, 2.45) is 0 Å². The average molecular weight is 344 g/mol. The van der Waals surface area contributed by atoms with Crippen molar-refractivity contribution in [3.63, 3.8) is 0 Å². The van der Waals surface area contributed by atoms with Gasteiger partial charge in [-0.3, -0.25) is 14.4 Å². The van der Waals surface area contributed by atoms with Crippen LogP contribution in [0.25, 0.3) is 6.08 Å². The molecular weight excluding hydrogens is 320 g/mol. The molecule has 6 heteroatoms. The number of nitrogens with zero attached hydrogens (tertiary/aromatic N) is 1. The summed E-state index contributed by atoms with van der Waals surface area (Å²) in [6.07, 6.45) is 4.71. The lowest BCUT2D eigenvalue weighted by Gasteiger charge is -2.33. The molecule has 0 aromatic heterocycles. The fraction of sp³-hybridized carbons (Fsp3) is 0.421. The molecule has 134 valence electrons. The molecule has 1 fully saturated rings. The van der Waals surface area contributed by atoms with Gasteiger partial charge in [0, 0.05) is 19.2 Å². The number of benzene rings is 1. The highest BCUT2D eigenvalue weighted by Crippen LogP contribution is 2.12. The van der Waals surface area contributed by atoms with Gasteiger partial charge in [-0.05, 0) is 18.1 Å². The maximum absolute atomic E-state index is 12.5. The molecule has 1 N–H and O–H groups in total. The van der Waals surface area contributed by atoms with E-state index in [4.69, 9.17) is 4.74 Å². The van der Waals surface area contributed by atoms with E-state index in [9.17, 15) is 14.4 Å². The zero-order valence-corrected chi connectivity index (χ0v) is 14.4. The Balaban J connectivity index is 2.00. The van der Waals surface area contributed by atoms with E-state index in [0.717, 1.165) is 18.4 Å². The maximum atomic E-state index is 12.5. The topological polar surface area (TPSA) is 75.7 Å². The van der Waals surface area contributed by atoms with Crippen LogP contribution in [-0.2, 0) is 19.1 Å². The van der Waals surface area contributed by atoms with Crippen LogP contribution < -0.4 is 5.32 Å². The van der Waals surface area contributed by atoms with Crippen molar-refractivity contribution in [3.05, 3.63) is 42.0 Å². The Hall–Kier alpha value is -2.63. The first-order valence-corrected chi connectivity index (χ1v) is 8.59. The first-order valence-electron chi connectivity index (χ1n) is 8.59. The molecule has 1 atom stereocenters. The van der Waals surface area contributed by atoms with Gasteiger partial charge >= 0.3 is 5.97 Å². The van der Waals surface area contributed by atoms with Crippen molar-refractivity contribution < 1.29 is 19.1 Å². The summed E-state index contributed by atoms with van der Waals surface area (Å²) < 4.78 is 5.12. The van der Waals surface area contributed by atoms with Crippen LogP contribution in [0.3, 0.4) is 0 Å². The summed E-state index contributed by atoms with van der Waals surface area (Å²) in [6.45, 7) is 3.09. The Bertz CT molecular complexity index is 628. The third-order valence-electron chi connectivity index (χ3n) is 3.95. The van der Waals surface area contributed by atoms with Gasteiger partial charge in [-0.25, -0.2) is 0 Å². The molecule has 2 rings (SSSR count). The van der Waals surface area contributed by atoms with E-state index < -0.39 is 12.0 Å². The quantitative estimate of drug-likeness (QED) is 0.465. The van der Waals surface area contributed by atoms with E-state index in [1.165, 1.54) is 11.0 Å². The van der Waals surface area contributed by atoms with Crippen LogP contribution >= 0.6 is 0 Å². The van der Waals surface area contributed by atoms with Crippen molar-refractivity contribution in [1.29, 1.82) is 0 Å². The fourth-order valence-electron chi connectivity index (χ4n) is 2.56. The molecule has 1 saturated heterocycles. The van der Waals surface area contributed by atoms with Crippen molar-refractivity contribution in [3.8, 4) is 0 Å². The van der Waals surface area contributed by atoms with Gasteiger partial charge in [-0.1, -0.05) is 43.7 Å². The van der Waals surface area contributed by atoms with E-state index >= 15 is 0 Å². The highest BCUT2D eigenvalue weighted by atomic mass is 16.5. The highest BCUT2D eigenvalue weighted by Gasteiger charge is 2.34. The third-order valence-corrected chi connectivity index (χ3v) is 3.95. The number of piperazine rings is 1. The summed E-state index contributed by atoms with van der Waals surface area (Å²) in [5.41, 5.74) is 0.896. The number of hydrogen-bond donors (Lipinski definition) is 1. The third kappa shape index (κ3) is 5.74. The standard InChI is InChI=1S/C19H24N2O4/c1-2-3-13-25-18(23)14-16-19(24)20-11-12-21(16)17(22)10-9-15-7-5-4-6-8-15/h4-10,16H,2-3,11-14H2,1H3,(H,20,24)/b10-9+/t16-/m0/s1. The van der Waals surface area contributed by atoms with Crippen molar-refractivity contribution in [2.75, 3.05) is 19.7 Å². The minimum Gasteiger partial charge on any atom is -0.466 e. The second-order valence-corrected chi connectivity index (χ2v) is 5.86. The molecule has 1 aromatic carbocycles. The molecule has 2 amide bonds. The molecule has 25 heavy (non-hydrogen) atoms. The van der Waals surface area contributed by atoms with Gasteiger partial charge in [0.2, 0.25) is 11.8 Å². The van der Waals surface area contributed by atoms with Crippen LogP contribution in [0, 0.1) is 0 Å². The van der Waals surface area contributed by atoms with Gasteiger partial charge in [0.15, 0.2) is 0 Å². The molecule has 1 heterocycles. The number of hydrogen-bond acceptors (Lipinski definition) is 4. The van der Waals surface area contributed by atoms with Crippen molar-refractivity contribution in [2.45, 2.75) is 32.2 Å². The Labute approximate surface area is 147 Å². The van der Waals surface area contributed by atoms with Gasteiger partial charge in [-0.15, -0.1) is 0 Å². The van der Waals surface area contributed by atoms with Crippen LogP contribution in [0.5, 0.6) is 0 Å². The van der Waals surface area contributed by atoms with Gasteiger partial charge < -0.3 is 15.0 Å². The summed E-state index contributed by atoms with van der Waals surface area (Å²) in [5.74, 6) is -1.06. The number of rotatable bonds is 7. The molecule has 1 aromatic rings. The van der Waals surface area contributed by atoms with Crippen LogP contribution in [0.15, 0.2) is 36.4 Å². The number of nitrogens with one attached hydrogen (secondary N) is 1. The van der Waals surface area contributed by atoms with Crippen LogP contribution in [0.2, 0.25) is 0 Å². The summed E-state index contributed by atoms with van der Waals surface area (Å²) >= 11 is 0. The number of ether oxygens (including phenoxy) is 1. The first-order chi connectivity index (χ1) is 12.1. The summed E-state index contributed by atoms with van der Waals surface area (Å²) in [7, 11) is 0. The average Bonchev–Trinajstić information content (AvgIpc) is 2.62. The normalized spacial score (nSPS) is 17.4. The van der Waals surface area contributed by atoms with E-state index in [1.54, 1.807) is 6.08 Å². The zero-order valence-electron chi connectivity index (χ0n) is 14.4. The Morgan fingerprint density at radius 1 is 1.32 bits per heavy atom. The Morgan fingerprint density at radius 2 is 2.08 bits per heavy atom.